The van der Waals surface area contributed by atoms with Crippen molar-refractivity contribution in [2.45, 2.75) is 6.92 Å². The molecule has 0 unspecified atom stereocenters. The molecule has 3 aromatic carbocycles. The van der Waals surface area contributed by atoms with Crippen molar-refractivity contribution in [2.75, 3.05) is 0 Å². The maximum atomic E-state index is 10.6. The molecule has 0 spiro atoms. The highest BCUT2D eigenvalue weighted by Crippen LogP contribution is 2.56. The number of fused-ring (bicyclic) bond motifs is 2. The van der Waals surface area contributed by atoms with Gasteiger partial charge in [-0.1, -0.05) is 42.0 Å². The Morgan fingerprint density at radius 3 is 1.67 bits per heavy atom. The second-order valence-corrected chi connectivity index (χ2v) is 9.36. The standard InChI is InChI=1S/C35H12N8/c1-19-5-9-22(10-6-19)30-34(28(18-40)42-3)24-13-23-31(26(16-38)32(24)35(30)43-4)25(15-37)29(33(23)27(17-39)41-2)21-11-7-20(14-36)8-12-21/h5-13H,1H3/b33-27+,34-28-. The van der Waals surface area contributed by atoms with Crippen LogP contribution >= 0.6 is 0 Å². The Morgan fingerprint density at radius 1 is 0.651 bits per heavy atom. The van der Waals surface area contributed by atoms with Gasteiger partial charge < -0.3 is 0 Å². The van der Waals surface area contributed by atoms with E-state index in [1.54, 1.807) is 30.3 Å². The molecule has 192 valence electrons. The van der Waals surface area contributed by atoms with Crippen LogP contribution in [0.15, 0.2) is 66.0 Å². The minimum Gasteiger partial charge on any atom is -0.237 e. The van der Waals surface area contributed by atoms with Gasteiger partial charge in [0.1, 0.15) is 6.07 Å². The SMILES string of the molecule is [C-]#[N+]C1=C(c2ccc(C)cc2)/C(=C(/C#N)[N+]#[C-])c2cc3c(c(C#N)c21)C(C#N)=C(c1ccc(C#N)cc1)/C3=C(\C#N)[N+]#[C-]. The van der Waals surface area contributed by atoms with Gasteiger partial charge in [0.2, 0.25) is 5.70 Å². The fraction of sp³-hybridized carbons (Fsp3) is 0.0286. The first-order valence-corrected chi connectivity index (χ1v) is 12.4. The molecule has 8 nitrogen and oxygen atoms in total. The van der Waals surface area contributed by atoms with E-state index in [0.717, 1.165) is 5.56 Å². The van der Waals surface area contributed by atoms with Crippen LogP contribution in [-0.4, -0.2) is 0 Å². The Hall–Kier alpha value is -7.46. The predicted molar refractivity (Wildman–Crippen MR) is 158 cm³/mol. The lowest BCUT2D eigenvalue weighted by atomic mass is 9.88. The predicted octanol–water partition coefficient (Wildman–Crippen LogP) is 7.30. The maximum absolute atomic E-state index is 10.6. The molecule has 0 fully saturated rings. The summed E-state index contributed by atoms with van der Waals surface area (Å²) in [5, 5.41) is 50.2. The largest absolute Gasteiger partial charge is 0.270 e. The number of allylic oxidation sites excluding steroid dienone is 7. The number of rotatable bonds is 2. The summed E-state index contributed by atoms with van der Waals surface area (Å²) >= 11 is 0. The Labute approximate surface area is 247 Å². The van der Waals surface area contributed by atoms with Crippen molar-refractivity contribution in [1.29, 1.82) is 26.3 Å². The van der Waals surface area contributed by atoms with Gasteiger partial charge in [-0.05, 0) is 64.1 Å². The molecule has 0 heterocycles. The van der Waals surface area contributed by atoms with Crippen LogP contribution in [0, 0.1) is 83.3 Å². The fourth-order valence-corrected chi connectivity index (χ4v) is 5.45. The summed E-state index contributed by atoms with van der Waals surface area (Å²) < 4.78 is 0. The van der Waals surface area contributed by atoms with Gasteiger partial charge in [-0.2, -0.15) is 15.8 Å². The highest BCUT2D eigenvalue weighted by atomic mass is 14.7. The normalized spacial score (nSPS) is 14.8. The average molecular weight is 545 g/mol. The molecular weight excluding hydrogens is 532 g/mol. The lowest BCUT2D eigenvalue weighted by Gasteiger charge is -2.14. The van der Waals surface area contributed by atoms with Crippen LogP contribution in [0.5, 0.6) is 0 Å². The molecular formula is C35H12N8. The van der Waals surface area contributed by atoms with Crippen LogP contribution in [0.4, 0.5) is 0 Å². The lowest BCUT2D eigenvalue weighted by molar-refractivity contribution is 1.41. The molecule has 8 heteroatoms. The summed E-state index contributed by atoms with van der Waals surface area (Å²) in [5.41, 5.74) is 3.34. The third kappa shape index (κ3) is 3.92. The highest BCUT2D eigenvalue weighted by molar-refractivity contribution is 6.30. The number of aryl methyl sites for hydroxylation is 1. The summed E-state index contributed by atoms with van der Waals surface area (Å²) in [6.45, 7) is 25.5. The topological polar surface area (TPSA) is 132 Å². The Kier molecular flexibility index (Phi) is 6.69. The van der Waals surface area contributed by atoms with Gasteiger partial charge >= 0.3 is 0 Å². The zero-order valence-electron chi connectivity index (χ0n) is 22.3. The van der Waals surface area contributed by atoms with Crippen molar-refractivity contribution in [3.05, 3.63) is 150 Å². The minimum absolute atomic E-state index is 0.0230. The van der Waals surface area contributed by atoms with Gasteiger partial charge in [-0.25, -0.2) is 25.1 Å². The van der Waals surface area contributed by atoms with Crippen molar-refractivity contribution >= 4 is 33.6 Å². The van der Waals surface area contributed by atoms with Crippen molar-refractivity contribution in [2.24, 2.45) is 0 Å². The Morgan fingerprint density at radius 2 is 1.19 bits per heavy atom. The van der Waals surface area contributed by atoms with E-state index in [1.165, 1.54) is 12.1 Å². The smallest absolute Gasteiger partial charge is 0.237 e. The second kappa shape index (κ2) is 10.6. The van der Waals surface area contributed by atoms with Crippen LogP contribution in [-0.2, 0) is 0 Å². The first kappa shape index (κ1) is 27.1. The number of hydrogen-bond donors (Lipinski definition) is 0. The Balaban J connectivity index is 2.01. The van der Waals surface area contributed by atoms with Crippen molar-refractivity contribution in [3.63, 3.8) is 0 Å². The lowest BCUT2D eigenvalue weighted by Crippen LogP contribution is -1.99. The summed E-state index contributed by atoms with van der Waals surface area (Å²) in [7, 11) is 0. The quantitative estimate of drug-likeness (QED) is 0.247. The van der Waals surface area contributed by atoms with E-state index >= 15 is 0 Å². The average Bonchev–Trinajstić information content (AvgIpc) is 3.54. The zero-order valence-corrected chi connectivity index (χ0v) is 22.3. The molecule has 0 saturated carbocycles. The van der Waals surface area contributed by atoms with Crippen molar-refractivity contribution in [1.82, 2.24) is 0 Å². The first-order chi connectivity index (χ1) is 20.9. The van der Waals surface area contributed by atoms with E-state index in [4.69, 9.17) is 19.7 Å². The van der Waals surface area contributed by atoms with Crippen LogP contribution < -0.4 is 0 Å². The molecule has 0 bridgehead atoms. The molecule has 0 aliphatic heterocycles. The monoisotopic (exact) mass is 544 g/mol. The molecule has 0 N–H and O–H groups in total. The van der Waals surface area contributed by atoms with Gasteiger partial charge in [-0.15, -0.1) is 0 Å². The minimum atomic E-state index is -0.332. The second-order valence-electron chi connectivity index (χ2n) is 9.36. The van der Waals surface area contributed by atoms with E-state index in [-0.39, 0.29) is 67.2 Å². The van der Waals surface area contributed by atoms with Gasteiger partial charge in [0.15, 0.2) is 0 Å². The maximum Gasteiger partial charge on any atom is 0.270 e. The molecule has 43 heavy (non-hydrogen) atoms. The molecule has 0 saturated heterocycles. The van der Waals surface area contributed by atoms with E-state index in [1.807, 2.05) is 37.3 Å². The van der Waals surface area contributed by atoms with Crippen LogP contribution in [0.3, 0.4) is 0 Å². The molecule has 5 rings (SSSR count). The third-order valence-corrected chi connectivity index (χ3v) is 7.23. The summed E-state index contributed by atoms with van der Waals surface area (Å²) in [5.74, 6) is 0. The summed E-state index contributed by atoms with van der Waals surface area (Å²) in [4.78, 5) is 10.6. The number of nitrogens with zero attached hydrogens (tertiary/aromatic N) is 8. The van der Waals surface area contributed by atoms with E-state index in [2.05, 4.69) is 26.7 Å². The molecule has 2 aliphatic rings. The molecule has 0 atom stereocenters. The first-order valence-electron chi connectivity index (χ1n) is 12.4. The van der Waals surface area contributed by atoms with Gasteiger partial charge in [0.25, 0.3) is 11.4 Å². The van der Waals surface area contributed by atoms with Crippen LogP contribution in [0.25, 0.3) is 48.1 Å². The Bertz CT molecular complexity index is 2250. The van der Waals surface area contributed by atoms with Crippen molar-refractivity contribution < 1.29 is 0 Å². The van der Waals surface area contributed by atoms with Gasteiger partial charge in [0.05, 0.1) is 60.7 Å². The van der Waals surface area contributed by atoms with Gasteiger partial charge in [-0.3, -0.25) is 0 Å². The molecule has 2 aliphatic carbocycles. The number of hydrogen-bond acceptors (Lipinski definition) is 5. The molecule has 0 aromatic heterocycles. The summed E-state index contributed by atoms with van der Waals surface area (Å²) in [6.07, 6.45) is 0. The van der Waals surface area contributed by atoms with E-state index < -0.39 is 0 Å². The number of nitriles is 5. The molecule has 3 aromatic rings. The zero-order chi connectivity index (χ0) is 30.8. The summed E-state index contributed by atoms with van der Waals surface area (Å²) in [6, 6.07) is 25.1. The van der Waals surface area contributed by atoms with E-state index in [0.29, 0.717) is 22.3 Å². The molecule has 0 amide bonds. The van der Waals surface area contributed by atoms with Crippen LogP contribution in [0.1, 0.15) is 50.1 Å². The third-order valence-electron chi connectivity index (χ3n) is 7.23. The van der Waals surface area contributed by atoms with E-state index in [9.17, 15) is 26.3 Å². The van der Waals surface area contributed by atoms with Gasteiger partial charge in [0, 0.05) is 16.7 Å². The number of benzene rings is 3. The highest BCUT2D eigenvalue weighted by Gasteiger charge is 2.40. The van der Waals surface area contributed by atoms with Crippen LogP contribution in [0.2, 0.25) is 0 Å². The van der Waals surface area contributed by atoms with Crippen molar-refractivity contribution in [3.8, 4) is 30.3 Å². The fourth-order valence-electron chi connectivity index (χ4n) is 5.45. The molecule has 0 radical (unpaired) electrons.